The quantitative estimate of drug-likeness (QED) is 0.898. The van der Waals surface area contributed by atoms with Crippen molar-refractivity contribution in [2.75, 3.05) is 20.1 Å². The number of thiophene rings is 1. The van der Waals surface area contributed by atoms with Gasteiger partial charge in [-0.2, -0.15) is 13.2 Å². The van der Waals surface area contributed by atoms with Gasteiger partial charge in [-0.15, -0.1) is 11.3 Å². The Morgan fingerprint density at radius 3 is 2.72 bits per heavy atom. The Kier molecular flexibility index (Phi) is 5.15. The fraction of sp³-hybridized carbons (Fsp3) is 0.545. The first-order valence-corrected chi connectivity index (χ1v) is 6.24. The Morgan fingerprint density at radius 1 is 1.56 bits per heavy atom. The van der Waals surface area contributed by atoms with Crippen LogP contribution in [0, 0.1) is 0 Å². The smallest absolute Gasteiger partial charge is 0.346 e. The third-order valence-corrected chi connectivity index (χ3v) is 3.54. The summed E-state index contributed by atoms with van der Waals surface area (Å²) in [6.07, 6.45) is -4.37. The minimum absolute atomic E-state index is 0.00152. The van der Waals surface area contributed by atoms with Crippen LogP contribution in [-0.4, -0.2) is 37.1 Å². The van der Waals surface area contributed by atoms with Crippen molar-refractivity contribution in [2.45, 2.75) is 19.1 Å². The van der Waals surface area contributed by atoms with Gasteiger partial charge in [-0.25, -0.2) is 0 Å². The van der Waals surface area contributed by atoms with Gasteiger partial charge in [0.15, 0.2) is 0 Å². The van der Waals surface area contributed by atoms with E-state index in [-0.39, 0.29) is 12.6 Å². The van der Waals surface area contributed by atoms with Crippen LogP contribution in [0.15, 0.2) is 17.5 Å². The molecule has 18 heavy (non-hydrogen) atoms. The molecule has 0 aliphatic rings. The van der Waals surface area contributed by atoms with Crippen molar-refractivity contribution in [3.8, 4) is 0 Å². The summed E-state index contributed by atoms with van der Waals surface area (Å²) in [5.41, 5.74) is 0. The predicted octanol–water partition coefficient (Wildman–Crippen LogP) is 2.42. The number of carbonyl (C=O) groups is 1. The van der Waals surface area contributed by atoms with Crippen LogP contribution in [0.5, 0.6) is 0 Å². The summed E-state index contributed by atoms with van der Waals surface area (Å²) < 4.78 is 35.7. The lowest BCUT2D eigenvalue weighted by Crippen LogP contribution is -2.40. The summed E-state index contributed by atoms with van der Waals surface area (Å²) >= 11 is 1.55. The van der Waals surface area contributed by atoms with Gasteiger partial charge in [-0.05, 0) is 25.4 Å². The molecule has 0 radical (unpaired) electrons. The molecule has 0 aliphatic carbocycles. The first-order valence-electron chi connectivity index (χ1n) is 5.36. The lowest BCUT2D eigenvalue weighted by atomic mass is 10.2. The van der Waals surface area contributed by atoms with Gasteiger partial charge in [0, 0.05) is 10.9 Å². The molecule has 1 N–H and O–H groups in total. The molecule has 0 spiro atoms. The zero-order valence-electron chi connectivity index (χ0n) is 10.1. The predicted molar refractivity (Wildman–Crippen MR) is 64.4 cm³/mol. The molecule has 1 aromatic heterocycles. The molecule has 0 saturated carbocycles. The second-order valence-electron chi connectivity index (χ2n) is 4.00. The van der Waals surface area contributed by atoms with Crippen molar-refractivity contribution in [3.05, 3.63) is 22.4 Å². The van der Waals surface area contributed by atoms with E-state index >= 15 is 0 Å². The van der Waals surface area contributed by atoms with Crippen LogP contribution in [0.2, 0.25) is 0 Å². The van der Waals surface area contributed by atoms with E-state index in [4.69, 9.17) is 0 Å². The van der Waals surface area contributed by atoms with E-state index in [9.17, 15) is 18.0 Å². The minimum atomic E-state index is -4.37. The van der Waals surface area contributed by atoms with Gasteiger partial charge in [0.25, 0.3) is 0 Å². The molecule has 1 heterocycles. The summed E-state index contributed by atoms with van der Waals surface area (Å²) in [5, 5.41) is 3.77. The lowest BCUT2D eigenvalue weighted by molar-refractivity contribution is -0.139. The van der Waals surface area contributed by atoms with Crippen molar-refractivity contribution in [2.24, 2.45) is 0 Å². The molecule has 7 heteroatoms. The number of nitrogens with zero attached hydrogens (tertiary/aromatic N) is 1. The van der Waals surface area contributed by atoms with E-state index in [2.05, 4.69) is 0 Å². The Morgan fingerprint density at radius 2 is 2.22 bits per heavy atom. The molecule has 0 aliphatic heterocycles. The third kappa shape index (κ3) is 5.05. The number of halogens is 3. The number of nitrogens with one attached hydrogen (secondary N) is 1. The number of hydrogen-bond donors (Lipinski definition) is 1. The van der Waals surface area contributed by atoms with E-state index < -0.39 is 18.6 Å². The maximum absolute atomic E-state index is 11.9. The van der Waals surface area contributed by atoms with Gasteiger partial charge in [0.1, 0.15) is 6.54 Å². The van der Waals surface area contributed by atoms with E-state index in [1.807, 2.05) is 29.8 Å². The topological polar surface area (TPSA) is 32.3 Å². The second-order valence-corrected chi connectivity index (χ2v) is 4.98. The second kappa shape index (κ2) is 6.19. The highest BCUT2D eigenvalue weighted by atomic mass is 32.1. The molecule has 0 aromatic carbocycles. The van der Waals surface area contributed by atoms with Crippen LogP contribution in [0.25, 0.3) is 0 Å². The minimum Gasteiger partial charge on any atom is -0.346 e. The number of hydrogen-bond acceptors (Lipinski definition) is 3. The Hall–Kier alpha value is -1.08. The van der Waals surface area contributed by atoms with Gasteiger partial charge < -0.3 is 5.32 Å². The van der Waals surface area contributed by atoms with Gasteiger partial charge in [-0.1, -0.05) is 6.07 Å². The molecule has 1 atom stereocenters. The third-order valence-electron chi connectivity index (χ3n) is 2.50. The Balaban J connectivity index is 2.40. The largest absolute Gasteiger partial charge is 0.405 e. The van der Waals surface area contributed by atoms with Gasteiger partial charge >= 0.3 is 6.18 Å². The zero-order chi connectivity index (χ0) is 13.8. The van der Waals surface area contributed by atoms with Gasteiger partial charge in [-0.3, -0.25) is 9.69 Å². The number of carbonyl (C=O) groups excluding carboxylic acids is 1. The van der Waals surface area contributed by atoms with Gasteiger partial charge in [0.2, 0.25) is 5.91 Å². The molecule has 0 fully saturated rings. The average Bonchev–Trinajstić information content (AvgIpc) is 2.77. The van der Waals surface area contributed by atoms with E-state index in [1.165, 1.54) is 0 Å². The standard InChI is InChI=1S/C11H15F3N2OS/c1-8(9-4-3-5-18-9)16(2)6-10(17)15-7-11(12,13)14/h3-5,8H,6-7H2,1-2H3,(H,15,17). The normalized spacial score (nSPS) is 13.7. The van der Waals surface area contributed by atoms with Crippen LogP contribution >= 0.6 is 11.3 Å². The zero-order valence-corrected chi connectivity index (χ0v) is 10.9. The molecule has 0 bridgehead atoms. The number of likely N-dealkylation sites (N-methyl/N-ethyl adjacent to an activating group) is 1. The molecular formula is C11H15F3N2OS. The summed E-state index contributed by atoms with van der Waals surface area (Å²) in [4.78, 5) is 14.1. The summed E-state index contributed by atoms with van der Waals surface area (Å²) in [6.45, 7) is 0.561. The SMILES string of the molecule is CC(c1cccs1)N(C)CC(=O)NCC(F)(F)F. The monoisotopic (exact) mass is 280 g/mol. The molecule has 3 nitrogen and oxygen atoms in total. The van der Waals surface area contributed by atoms with Gasteiger partial charge in [0.05, 0.1) is 6.54 Å². The summed E-state index contributed by atoms with van der Waals surface area (Å²) in [7, 11) is 1.71. The number of alkyl halides is 3. The van der Waals surface area contributed by atoms with Crippen LogP contribution in [0.3, 0.4) is 0 Å². The highest BCUT2D eigenvalue weighted by Crippen LogP contribution is 2.22. The lowest BCUT2D eigenvalue weighted by Gasteiger charge is -2.23. The average molecular weight is 280 g/mol. The van der Waals surface area contributed by atoms with Crippen molar-refractivity contribution >= 4 is 17.2 Å². The molecular weight excluding hydrogens is 265 g/mol. The fourth-order valence-corrected chi connectivity index (χ4v) is 2.21. The van der Waals surface area contributed by atoms with Crippen LogP contribution < -0.4 is 5.32 Å². The van der Waals surface area contributed by atoms with Crippen molar-refractivity contribution < 1.29 is 18.0 Å². The molecule has 1 rings (SSSR count). The van der Waals surface area contributed by atoms with E-state index in [1.54, 1.807) is 23.3 Å². The van der Waals surface area contributed by atoms with E-state index in [0.29, 0.717) is 0 Å². The maximum Gasteiger partial charge on any atom is 0.405 e. The first-order chi connectivity index (χ1) is 8.29. The number of rotatable bonds is 5. The fourth-order valence-electron chi connectivity index (χ4n) is 1.36. The van der Waals surface area contributed by atoms with Crippen LogP contribution in [0.1, 0.15) is 17.8 Å². The molecule has 1 amide bonds. The van der Waals surface area contributed by atoms with Crippen molar-refractivity contribution in [3.63, 3.8) is 0 Å². The summed E-state index contributed by atoms with van der Waals surface area (Å²) in [6, 6.07) is 3.83. The Bertz CT molecular complexity index is 378. The highest BCUT2D eigenvalue weighted by Gasteiger charge is 2.28. The van der Waals surface area contributed by atoms with Crippen molar-refractivity contribution in [1.29, 1.82) is 0 Å². The molecule has 1 aromatic rings. The van der Waals surface area contributed by atoms with Crippen LogP contribution in [-0.2, 0) is 4.79 Å². The van der Waals surface area contributed by atoms with Crippen molar-refractivity contribution in [1.82, 2.24) is 10.2 Å². The molecule has 102 valence electrons. The molecule has 1 unspecified atom stereocenters. The molecule has 0 saturated heterocycles. The summed E-state index contributed by atoms with van der Waals surface area (Å²) in [5.74, 6) is -0.627. The highest BCUT2D eigenvalue weighted by molar-refractivity contribution is 7.10. The first kappa shape index (κ1) is 15.0. The van der Waals surface area contributed by atoms with Crippen LogP contribution in [0.4, 0.5) is 13.2 Å². The maximum atomic E-state index is 11.9. The Labute approximate surface area is 108 Å². The number of amides is 1. The van der Waals surface area contributed by atoms with E-state index in [0.717, 1.165) is 4.88 Å².